The SMILES string of the molecule is CCCCCC(C=C(CCC)C(C)CC1CC1=CC1=C2C(CCC1C)C2(CC)CCC)CCC. The first-order valence-corrected chi connectivity index (χ1v) is 15.6. The number of fused-ring (bicyclic) bond motifs is 1. The van der Waals surface area contributed by atoms with Crippen molar-refractivity contribution in [1.82, 2.24) is 0 Å². The van der Waals surface area contributed by atoms with Crippen molar-refractivity contribution in [3.63, 3.8) is 0 Å². The molecule has 0 nitrogen and oxygen atoms in total. The summed E-state index contributed by atoms with van der Waals surface area (Å²) in [5.74, 6) is 4.15. The molecule has 0 heteroatoms. The van der Waals surface area contributed by atoms with E-state index in [2.05, 4.69) is 60.6 Å². The summed E-state index contributed by atoms with van der Waals surface area (Å²) in [6, 6.07) is 0. The van der Waals surface area contributed by atoms with Crippen molar-refractivity contribution in [2.45, 2.75) is 145 Å². The van der Waals surface area contributed by atoms with Crippen molar-refractivity contribution < 1.29 is 0 Å². The van der Waals surface area contributed by atoms with Crippen LogP contribution in [0.15, 0.2) is 34.4 Å². The van der Waals surface area contributed by atoms with Gasteiger partial charge in [0, 0.05) is 0 Å². The second-order valence-electron chi connectivity index (χ2n) is 12.5. The number of hydrogen-bond acceptors (Lipinski definition) is 0. The molecule has 2 fully saturated rings. The van der Waals surface area contributed by atoms with Crippen LogP contribution < -0.4 is 0 Å². The first-order valence-electron chi connectivity index (χ1n) is 15.6. The van der Waals surface area contributed by atoms with Gasteiger partial charge in [-0.25, -0.2) is 0 Å². The van der Waals surface area contributed by atoms with Gasteiger partial charge in [-0.2, -0.15) is 0 Å². The van der Waals surface area contributed by atoms with Gasteiger partial charge in [0.25, 0.3) is 0 Å². The number of hydrogen-bond donors (Lipinski definition) is 0. The van der Waals surface area contributed by atoms with E-state index in [0.717, 1.165) is 29.6 Å². The fourth-order valence-corrected chi connectivity index (χ4v) is 7.67. The van der Waals surface area contributed by atoms with Gasteiger partial charge in [0.05, 0.1) is 0 Å². The van der Waals surface area contributed by atoms with Crippen LogP contribution in [0.5, 0.6) is 0 Å². The fraction of sp³-hybridized carbons (Fsp3) is 0.824. The van der Waals surface area contributed by atoms with E-state index in [-0.39, 0.29) is 0 Å². The van der Waals surface area contributed by atoms with Crippen molar-refractivity contribution >= 4 is 0 Å². The summed E-state index contributed by atoms with van der Waals surface area (Å²) in [5.41, 5.74) is 7.86. The highest BCUT2D eigenvalue weighted by Crippen LogP contribution is 2.70. The Morgan fingerprint density at radius 1 is 0.971 bits per heavy atom. The molecule has 0 amide bonds. The summed E-state index contributed by atoms with van der Waals surface area (Å²) in [5, 5.41) is 0. The van der Waals surface area contributed by atoms with Crippen molar-refractivity contribution in [3.8, 4) is 0 Å². The lowest BCUT2D eigenvalue weighted by atomic mass is 9.86. The quantitative estimate of drug-likeness (QED) is 0.157. The van der Waals surface area contributed by atoms with Gasteiger partial charge in [-0.05, 0) is 98.4 Å². The molecule has 0 radical (unpaired) electrons. The molecule has 0 bridgehead atoms. The van der Waals surface area contributed by atoms with E-state index >= 15 is 0 Å². The summed E-state index contributed by atoms with van der Waals surface area (Å²) in [4.78, 5) is 0. The summed E-state index contributed by atoms with van der Waals surface area (Å²) >= 11 is 0. The third-order valence-corrected chi connectivity index (χ3v) is 9.81. The molecule has 194 valence electrons. The highest BCUT2D eigenvalue weighted by atomic mass is 14.6. The van der Waals surface area contributed by atoms with Crippen molar-refractivity contribution in [3.05, 3.63) is 34.4 Å². The lowest BCUT2D eigenvalue weighted by Gasteiger charge is -2.20. The Morgan fingerprint density at radius 3 is 2.41 bits per heavy atom. The molecule has 0 heterocycles. The van der Waals surface area contributed by atoms with E-state index in [9.17, 15) is 0 Å². The Labute approximate surface area is 214 Å². The molecule has 3 aliphatic rings. The van der Waals surface area contributed by atoms with Crippen LogP contribution in [0.3, 0.4) is 0 Å². The van der Waals surface area contributed by atoms with Crippen LogP contribution in [0, 0.1) is 35.0 Å². The predicted molar refractivity (Wildman–Crippen MR) is 152 cm³/mol. The molecule has 6 atom stereocenters. The first-order chi connectivity index (χ1) is 16.4. The van der Waals surface area contributed by atoms with E-state index in [1.54, 1.807) is 16.7 Å². The molecule has 0 aliphatic heterocycles. The maximum atomic E-state index is 2.75. The molecule has 34 heavy (non-hydrogen) atoms. The molecule has 0 aromatic heterocycles. The minimum absolute atomic E-state index is 0.590. The van der Waals surface area contributed by atoms with Gasteiger partial charge in [-0.1, -0.05) is 116 Å². The monoisotopic (exact) mass is 466 g/mol. The van der Waals surface area contributed by atoms with Crippen LogP contribution in [0.1, 0.15) is 145 Å². The molecule has 0 saturated heterocycles. The van der Waals surface area contributed by atoms with E-state index in [0.29, 0.717) is 5.41 Å². The third kappa shape index (κ3) is 6.50. The molecule has 0 aromatic rings. The maximum absolute atomic E-state index is 2.75. The Kier molecular flexibility index (Phi) is 10.6. The number of rotatable bonds is 16. The van der Waals surface area contributed by atoms with E-state index in [4.69, 9.17) is 0 Å². The highest BCUT2D eigenvalue weighted by molar-refractivity contribution is 5.51. The Bertz CT molecular complexity index is 733. The molecule has 3 rings (SSSR count). The second kappa shape index (κ2) is 13.0. The fourth-order valence-electron chi connectivity index (χ4n) is 7.67. The van der Waals surface area contributed by atoms with Crippen molar-refractivity contribution in [1.29, 1.82) is 0 Å². The van der Waals surface area contributed by atoms with Gasteiger partial charge in [-0.15, -0.1) is 0 Å². The molecular weight excluding hydrogens is 408 g/mol. The lowest BCUT2D eigenvalue weighted by molar-refractivity contribution is 0.387. The van der Waals surface area contributed by atoms with Crippen LogP contribution in [-0.2, 0) is 0 Å². The average Bonchev–Trinajstić information content (AvgIpc) is 3.71. The van der Waals surface area contributed by atoms with Crippen LogP contribution in [0.2, 0.25) is 0 Å². The van der Waals surface area contributed by atoms with Gasteiger partial charge in [-0.3, -0.25) is 0 Å². The molecular formula is C34H58. The molecule has 2 saturated carbocycles. The van der Waals surface area contributed by atoms with Gasteiger partial charge in [0.15, 0.2) is 0 Å². The summed E-state index contributed by atoms with van der Waals surface area (Å²) in [6.45, 7) is 17.0. The zero-order valence-corrected chi connectivity index (χ0v) is 24.1. The van der Waals surface area contributed by atoms with Crippen molar-refractivity contribution in [2.24, 2.45) is 35.0 Å². The Hall–Kier alpha value is -0.780. The minimum Gasteiger partial charge on any atom is -0.0819 e. The molecule has 0 N–H and O–H groups in total. The van der Waals surface area contributed by atoms with Gasteiger partial charge in [0.1, 0.15) is 0 Å². The predicted octanol–water partition coefficient (Wildman–Crippen LogP) is 11.2. The molecule has 6 unspecified atom stereocenters. The number of allylic oxidation sites excluding steroid dienone is 6. The van der Waals surface area contributed by atoms with Crippen LogP contribution in [-0.4, -0.2) is 0 Å². The van der Waals surface area contributed by atoms with E-state index in [1.165, 1.54) is 96.3 Å². The van der Waals surface area contributed by atoms with E-state index < -0.39 is 0 Å². The number of unbranched alkanes of at least 4 members (excludes halogenated alkanes) is 2. The van der Waals surface area contributed by atoms with Crippen LogP contribution in [0.4, 0.5) is 0 Å². The second-order valence-corrected chi connectivity index (χ2v) is 12.5. The van der Waals surface area contributed by atoms with Gasteiger partial charge >= 0.3 is 0 Å². The average molecular weight is 467 g/mol. The molecule has 0 aromatic carbocycles. The molecule has 3 aliphatic carbocycles. The summed E-state index contributed by atoms with van der Waals surface area (Å²) in [6.07, 6.45) is 26.1. The zero-order valence-electron chi connectivity index (χ0n) is 24.1. The highest BCUT2D eigenvalue weighted by Gasteiger charge is 2.59. The van der Waals surface area contributed by atoms with Crippen LogP contribution in [0.25, 0.3) is 0 Å². The minimum atomic E-state index is 0.590. The summed E-state index contributed by atoms with van der Waals surface area (Å²) in [7, 11) is 0. The maximum Gasteiger partial charge on any atom is -0.00160 e. The van der Waals surface area contributed by atoms with E-state index in [1.807, 2.05) is 5.57 Å². The largest absolute Gasteiger partial charge is 0.0819 e. The van der Waals surface area contributed by atoms with Crippen LogP contribution >= 0.6 is 0 Å². The van der Waals surface area contributed by atoms with Crippen molar-refractivity contribution in [2.75, 3.05) is 0 Å². The van der Waals surface area contributed by atoms with Gasteiger partial charge < -0.3 is 0 Å². The smallest absolute Gasteiger partial charge is 0.00160 e. The molecule has 0 spiro atoms. The Morgan fingerprint density at radius 2 is 1.76 bits per heavy atom. The zero-order chi connectivity index (χ0) is 24.7. The third-order valence-electron chi connectivity index (χ3n) is 9.81. The van der Waals surface area contributed by atoms with Gasteiger partial charge in [0.2, 0.25) is 0 Å². The normalized spacial score (nSPS) is 31.6. The standard InChI is InChI=1S/C34H58/c1-8-13-14-17-27(15-9-2)22-28(16-10-3)26(7)21-29-23-30(29)24-31-25(6)18-19-32-33(31)34(32,12-5)20-11-4/h22,24-27,29,32H,8-21,23H2,1-7H3. The summed E-state index contributed by atoms with van der Waals surface area (Å²) < 4.78 is 0. The first kappa shape index (κ1) is 27.8. The Balaban J connectivity index is 1.67. The topological polar surface area (TPSA) is 0 Å². The lowest BCUT2D eigenvalue weighted by Crippen LogP contribution is -2.06.